The molecule has 3 heteroatoms. The number of thioether (sulfide) groups is 1. The average molecular weight is 245 g/mol. The molecule has 1 aliphatic carbocycles. The highest BCUT2D eigenvalue weighted by Crippen LogP contribution is 2.30. The highest BCUT2D eigenvalue weighted by molar-refractivity contribution is 7.99. The third-order valence-corrected chi connectivity index (χ3v) is 5.20. The zero-order valence-corrected chi connectivity index (χ0v) is 11.6. The van der Waals surface area contributed by atoms with Gasteiger partial charge < -0.3 is 10.4 Å². The van der Waals surface area contributed by atoms with Gasteiger partial charge in [0, 0.05) is 10.8 Å². The van der Waals surface area contributed by atoms with Crippen LogP contribution in [0.2, 0.25) is 0 Å². The fraction of sp³-hybridized carbons (Fsp3) is 1.00. The molecule has 0 aromatic carbocycles. The van der Waals surface area contributed by atoms with Gasteiger partial charge in [0.1, 0.15) is 0 Å². The fourth-order valence-corrected chi connectivity index (χ4v) is 3.58. The molecule has 0 saturated heterocycles. The summed E-state index contributed by atoms with van der Waals surface area (Å²) in [4.78, 5) is 0. The second kappa shape index (κ2) is 7.57. The molecular formula is C13H27NOS. The molecular weight excluding hydrogens is 218 g/mol. The zero-order chi connectivity index (χ0) is 11.9. The molecule has 0 aromatic heterocycles. The standard InChI is InChI=1S/C13H27NOS/c1-13(11-15,14-2)9-5-6-10-16-12-7-3-4-8-12/h12,14-15H,3-11H2,1-2H3. The Morgan fingerprint density at radius 1 is 1.31 bits per heavy atom. The second-order valence-corrected chi connectivity index (χ2v) is 6.61. The van der Waals surface area contributed by atoms with Crippen LogP contribution in [-0.2, 0) is 0 Å². The zero-order valence-electron chi connectivity index (χ0n) is 10.8. The lowest BCUT2D eigenvalue weighted by molar-refractivity contribution is 0.171. The summed E-state index contributed by atoms with van der Waals surface area (Å²) in [7, 11) is 1.93. The predicted octanol–water partition coefficient (Wildman–Crippen LogP) is 2.80. The molecule has 0 spiro atoms. The SMILES string of the molecule is CNC(C)(CO)CCCCSC1CCCC1. The van der Waals surface area contributed by atoms with E-state index in [1.165, 1.54) is 44.3 Å². The van der Waals surface area contributed by atoms with Gasteiger partial charge in [-0.15, -0.1) is 0 Å². The van der Waals surface area contributed by atoms with Crippen LogP contribution in [0.1, 0.15) is 51.9 Å². The number of unbranched alkanes of at least 4 members (excludes halogenated alkanes) is 1. The summed E-state index contributed by atoms with van der Waals surface area (Å²) < 4.78 is 0. The Kier molecular flexibility index (Phi) is 6.78. The molecule has 0 amide bonds. The maximum absolute atomic E-state index is 9.25. The lowest BCUT2D eigenvalue weighted by Gasteiger charge is -2.26. The van der Waals surface area contributed by atoms with Crippen molar-refractivity contribution in [3.63, 3.8) is 0 Å². The van der Waals surface area contributed by atoms with E-state index in [0.717, 1.165) is 11.7 Å². The Labute approximate surface area is 105 Å². The van der Waals surface area contributed by atoms with Gasteiger partial charge in [-0.3, -0.25) is 0 Å². The van der Waals surface area contributed by atoms with Crippen LogP contribution in [0, 0.1) is 0 Å². The first-order valence-electron chi connectivity index (χ1n) is 6.61. The van der Waals surface area contributed by atoms with Crippen molar-refractivity contribution >= 4 is 11.8 Å². The summed E-state index contributed by atoms with van der Waals surface area (Å²) >= 11 is 2.17. The van der Waals surface area contributed by atoms with E-state index in [2.05, 4.69) is 24.0 Å². The molecule has 0 aliphatic heterocycles. The van der Waals surface area contributed by atoms with Gasteiger partial charge in [-0.05, 0) is 45.4 Å². The third-order valence-electron chi connectivity index (χ3n) is 3.73. The molecule has 1 rings (SSSR count). The van der Waals surface area contributed by atoms with Crippen LogP contribution < -0.4 is 5.32 Å². The Balaban J connectivity index is 1.98. The normalized spacial score (nSPS) is 21.2. The van der Waals surface area contributed by atoms with Crippen molar-refractivity contribution in [1.29, 1.82) is 0 Å². The van der Waals surface area contributed by atoms with Crippen molar-refractivity contribution in [3.8, 4) is 0 Å². The number of rotatable bonds is 8. The van der Waals surface area contributed by atoms with E-state index in [-0.39, 0.29) is 12.1 Å². The quantitative estimate of drug-likeness (QED) is 0.645. The number of hydrogen-bond acceptors (Lipinski definition) is 3. The fourth-order valence-electron chi connectivity index (χ4n) is 2.21. The maximum atomic E-state index is 9.25. The van der Waals surface area contributed by atoms with Crippen molar-refractivity contribution < 1.29 is 5.11 Å². The Morgan fingerprint density at radius 2 is 2.00 bits per heavy atom. The summed E-state index contributed by atoms with van der Waals surface area (Å²) in [6, 6.07) is 0. The molecule has 2 N–H and O–H groups in total. The van der Waals surface area contributed by atoms with Crippen molar-refractivity contribution in [2.45, 2.75) is 62.7 Å². The summed E-state index contributed by atoms with van der Waals surface area (Å²) in [5.41, 5.74) is -0.0714. The maximum Gasteiger partial charge on any atom is 0.0610 e. The van der Waals surface area contributed by atoms with Gasteiger partial charge in [-0.2, -0.15) is 11.8 Å². The number of likely N-dealkylation sites (N-methyl/N-ethyl adjacent to an activating group) is 1. The van der Waals surface area contributed by atoms with E-state index in [1.807, 2.05) is 7.05 Å². The van der Waals surface area contributed by atoms with Crippen molar-refractivity contribution in [1.82, 2.24) is 5.32 Å². The summed E-state index contributed by atoms with van der Waals surface area (Å²) in [5.74, 6) is 1.30. The minimum Gasteiger partial charge on any atom is -0.394 e. The number of aliphatic hydroxyl groups excluding tert-OH is 1. The molecule has 1 fully saturated rings. The lowest BCUT2D eigenvalue weighted by Crippen LogP contribution is -2.43. The molecule has 16 heavy (non-hydrogen) atoms. The molecule has 0 heterocycles. The van der Waals surface area contributed by atoms with Crippen LogP contribution in [0.5, 0.6) is 0 Å². The van der Waals surface area contributed by atoms with Crippen LogP contribution in [0.25, 0.3) is 0 Å². The topological polar surface area (TPSA) is 32.3 Å². The molecule has 0 radical (unpaired) electrons. The van der Waals surface area contributed by atoms with E-state index in [1.54, 1.807) is 0 Å². The molecule has 1 unspecified atom stereocenters. The lowest BCUT2D eigenvalue weighted by atomic mass is 9.96. The molecule has 96 valence electrons. The largest absolute Gasteiger partial charge is 0.394 e. The first kappa shape index (κ1) is 14.3. The first-order valence-corrected chi connectivity index (χ1v) is 7.66. The smallest absolute Gasteiger partial charge is 0.0610 e. The summed E-state index contributed by atoms with van der Waals surface area (Å²) in [5, 5.41) is 13.4. The van der Waals surface area contributed by atoms with Crippen LogP contribution in [0.4, 0.5) is 0 Å². The van der Waals surface area contributed by atoms with Crippen molar-refractivity contribution in [2.24, 2.45) is 0 Å². The predicted molar refractivity (Wildman–Crippen MR) is 73.1 cm³/mol. The van der Waals surface area contributed by atoms with Crippen LogP contribution in [0.3, 0.4) is 0 Å². The highest BCUT2D eigenvalue weighted by atomic mass is 32.2. The van der Waals surface area contributed by atoms with Gasteiger partial charge in [0.15, 0.2) is 0 Å². The average Bonchev–Trinajstić information content (AvgIpc) is 2.81. The van der Waals surface area contributed by atoms with Crippen LogP contribution in [0.15, 0.2) is 0 Å². The van der Waals surface area contributed by atoms with Crippen LogP contribution >= 0.6 is 11.8 Å². The van der Waals surface area contributed by atoms with E-state index in [4.69, 9.17) is 0 Å². The Bertz CT molecular complexity index is 177. The van der Waals surface area contributed by atoms with Gasteiger partial charge in [0.2, 0.25) is 0 Å². The highest BCUT2D eigenvalue weighted by Gasteiger charge is 2.20. The molecule has 1 aliphatic rings. The summed E-state index contributed by atoms with van der Waals surface area (Å²) in [6.07, 6.45) is 9.35. The second-order valence-electron chi connectivity index (χ2n) is 5.20. The minimum absolute atomic E-state index is 0.0714. The number of aliphatic hydroxyl groups is 1. The molecule has 1 atom stereocenters. The Hall–Kier alpha value is 0.270. The van der Waals surface area contributed by atoms with E-state index < -0.39 is 0 Å². The van der Waals surface area contributed by atoms with Crippen molar-refractivity contribution in [2.75, 3.05) is 19.4 Å². The molecule has 0 bridgehead atoms. The van der Waals surface area contributed by atoms with Crippen LogP contribution in [-0.4, -0.2) is 35.3 Å². The minimum atomic E-state index is -0.0714. The monoisotopic (exact) mass is 245 g/mol. The van der Waals surface area contributed by atoms with E-state index >= 15 is 0 Å². The first-order chi connectivity index (χ1) is 7.70. The van der Waals surface area contributed by atoms with E-state index in [9.17, 15) is 5.11 Å². The van der Waals surface area contributed by atoms with Gasteiger partial charge in [0.05, 0.1) is 6.61 Å². The Morgan fingerprint density at radius 3 is 2.56 bits per heavy atom. The van der Waals surface area contributed by atoms with Gasteiger partial charge in [0.25, 0.3) is 0 Å². The van der Waals surface area contributed by atoms with Gasteiger partial charge >= 0.3 is 0 Å². The van der Waals surface area contributed by atoms with Gasteiger partial charge in [-0.1, -0.05) is 19.3 Å². The molecule has 0 aromatic rings. The number of hydrogen-bond donors (Lipinski definition) is 2. The van der Waals surface area contributed by atoms with Gasteiger partial charge in [-0.25, -0.2) is 0 Å². The van der Waals surface area contributed by atoms with Crippen molar-refractivity contribution in [3.05, 3.63) is 0 Å². The van der Waals surface area contributed by atoms with E-state index in [0.29, 0.717) is 0 Å². The third kappa shape index (κ3) is 5.07. The molecule has 1 saturated carbocycles. The summed E-state index contributed by atoms with van der Waals surface area (Å²) in [6.45, 7) is 2.33. The molecule has 2 nitrogen and oxygen atoms in total. The number of nitrogens with one attached hydrogen (secondary N) is 1.